The van der Waals surface area contributed by atoms with Crippen molar-refractivity contribution in [2.75, 3.05) is 39.4 Å². The first-order valence-electron chi connectivity index (χ1n) is 8.86. The van der Waals surface area contributed by atoms with Crippen molar-refractivity contribution in [2.24, 2.45) is 5.10 Å². The molecule has 1 aromatic rings. The van der Waals surface area contributed by atoms with Crippen LogP contribution in [0.4, 0.5) is 5.69 Å². The van der Waals surface area contributed by atoms with Gasteiger partial charge in [-0.25, -0.2) is 0 Å². The van der Waals surface area contributed by atoms with Crippen molar-refractivity contribution in [2.45, 2.75) is 5.92 Å². The summed E-state index contributed by atoms with van der Waals surface area (Å²) in [6, 6.07) is 4.46. The molecule has 2 aliphatic rings. The van der Waals surface area contributed by atoms with Crippen molar-refractivity contribution in [3.63, 3.8) is 0 Å². The number of rotatable bonds is 6. The number of ether oxygens (including phenoxy) is 1. The summed E-state index contributed by atoms with van der Waals surface area (Å²) in [5, 5.41) is 18.4. The highest BCUT2D eigenvalue weighted by Gasteiger charge is 2.39. The number of morpholine rings is 1. The van der Waals surface area contributed by atoms with Gasteiger partial charge in [0, 0.05) is 43.9 Å². The molecule has 0 radical (unpaired) electrons. The fraction of sp³-hybridized carbons (Fsp3) is 0.389. The quantitative estimate of drug-likeness (QED) is 0.313. The minimum absolute atomic E-state index is 0.0846. The highest BCUT2D eigenvalue weighted by molar-refractivity contribution is 7.80. The molecule has 9 nitrogen and oxygen atoms in total. The van der Waals surface area contributed by atoms with Crippen LogP contribution in [-0.4, -0.2) is 65.8 Å². The summed E-state index contributed by atoms with van der Waals surface area (Å²) in [7, 11) is 0. The molecule has 2 N–H and O–H groups in total. The zero-order valence-electron chi connectivity index (χ0n) is 15.2. The number of hydrogen-bond acceptors (Lipinski definition) is 7. The molecule has 1 fully saturated rings. The molecule has 0 spiro atoms. The zero-order valence-corrected chi connectivity index (χ0v) is 16.0. The molecule has 1 unspecified atom stereocenters. The SMILES string of the molecule is C=CCNC(=S)N/N=C1\C(=O)C(CN2CCOCC2)c2ccc([N+](=O)[O-])cc21. The topological polar surface area (TPSA) is 109 Å². The van der Waals surface area contributed by atoms with Gasteiger partial charge >= 0.3 is 0 Å². The Morgan fingerprint density at radius 3 is 2.89 bits per heavy atom. The molecular weight excluding hydrogens is 382 g/mol. The second-order valence-corrected chi connectivity index (χ2v) is 6.84. The molecule has 1 heterocycles. The van der Waals surface area contributed by atoms with Gasteiger partial charge in [0.25, 0.3) is 5.69 Å². The molecular formula is C18H21N5O4S. The molecule has 0 aromatic heterocycles. The average Bonchev–Trinajstić information content (AvgIpc) is 2.96. The molecule has 1 saturated heterocycles. The predicted octanol–water partition coefficient (Wildman–Crippen LogP) is 0.948. The largest absolute Gasteiger partial charge is 0.379 e. The predicted molar refractivity (Wildman–Crippen MR) is 109 cm³/mol. The van der Waals surface area contributed by atoms with Crippen molar-refractivity contribution in [3.8, 4) is 0 Å². The van der Waals surface area contributed by atoms with E-state index in [1.807, 2.05) is 0 Å². The van der Waals surface area contributed by atoms with E-state index >= 15 is 0 Å². The van der Waals surface area contributed by atoms with Crippen LogP contribution in [0.3, 0.4) is 0 Å². The second-order valence-electron chi connectivity index (χ2n) is 6.43. The average molecular weight is 403 g/mol. The van der Waals surface area contributed by atoms with Crippen LogP contribution in [0.2, 0.25) is 0 Å². The Balaban J connectivity index is 1.88. The summed E-state index contributed by atoms with van der Waals surface area (Å²) >= 11 is 5.10. The van der Waals surface area contributed by atoms with Crippen LogP contribution in [0, 0.1) is 10.1 Å². The number of benzene rings is 1. The monoisotopic (exact) mass is 403 g/mol. The van der Waals surface area contributed by atoms with E-state index in [2.05, 4.69) is 27.3 Å². The zero-order chi connectivity index (χ0) is 20.1. The first-order valence-corrected chi connectivity index (χ1v) is 9.27. The molecule has 28 heavy (non-hydrogen) atoms. The Hall–Kier alpha value is -2.69. The molecule has 1 aromatic carbocycles. The van der Waals surface area contributed by atoms with Crippen molar-refractivity contribution in [1.82, 2.24) is 15.6 Å². The van der Waals surface area contributed by atoms with Crippen molar-refractivity contribution in [1.29, 1.82) is 0 Å². The minimum Gasteiger partial charge on any atom is -0.379 e. The van der Waals surface area contributed by atoms with E-state index in [-0.39, 0.29) is 22.3 Å². The molecule has 3 rings (SSSR count). The lowest BCUT2D eigenvalue weighted by Crippen LogP contribution is -2.40. The number of carbonyl (C=O) groups excluding carboxylic acids is 1. The maximum absolute atomic E-state index is 13.1. The van der Waals surface area contributed by atoms with E-state index in [9.17, 15) is 14.9 Å². The number of carbonyl (C=O) groups is 1. The summed E-state index contributed by atoms with van der Waals surface area (Å²) in [5.41, 5.74) is 3.92. The third-order valence-electron chi connectivity index (χ3n) is 4.65. The molecule has 1 atom stereocenters. The summed E-state index contributed by atoms with van der Waals surface area (Å²) in [5.74, 6) is -0.606. The van der Waals surface area contributed by atoms with Gasteiger partial charge in [-0.2, -0.15) is 5.10 Å². The second kappa shape index (κ2) is 9.00. The number of hydrazone groups is 1. The first-order chi connectivity index (χ1) is 13.5. The van der Waals surface area contributed by atoms with E-state index < -0.39 is 10.8 Å². The molecule has 10 heteroatoms. The summed E-state index contributed by atoms with van der Waals surface area (Å²) in [4.78, 5) is 25.9. The molecule has 0 amide bonds. The van der Waals surface area contributed by atoms with Gasteiger partial charge in [0.15, 0.2) is 10.9 Å². The number of non-ortho nitro benzene ring substituents is 1. The lowest BCUT2D eigenvalue weighted by atomic mass is 9.99. The Labute approximate surface area is 167 Å². The summed E-state index contributed by atoms with van der Waals surface area (Å²) < 4.78 is 5.36. The number of ketones is 1. The third kappa shape index (κ3) is 4.41. The normalized spacial score (nSPS) is 20.6. The highest BCUT2D eigenvalue weighted by atomic mass is 32.1. The van der Waals surface area contributed by atoms with E-state index in [0.717, 1.165) is 18.7 Å². The molecule has 148 valence electrons. The van der Waals surface area contributed by atoms with Gasteiger partial charge in [0.1, 0.15) is 5.71 Å². The highest BCUT2D eigenvalue weighted by Crippen LogP contribution is 2.34. The molecule has 0 saturated carbocycles. The van der Waals surface area contributed by atoms with Gasteiger partial charge in [0.05, 0.1) is 24.1 Å². The number of nitro benzene ring substituents is 1. The first kappa shape index (κ1) is 20.1. The molecule has 1 aliphatic carbocycles. The fourth-order valence-corrected chi connectivity index (χ4v) is 3.38. The number of thiocarbonyl (C=S) groups is 1. The third-order valence-corrected chi connectivity index (χ3v) is 4.88. The Morgan fingerprint density at radius 1 is 1.46 bits per heavy atom. The van der Waals surface area contributed by atoms with E-state index in [1.165, 1.54) is 12.1 Å². The van der Waals surface area contributed by atoms with Gasteiger partial charge in [0.2, 0.25) is 0 Å². The number of fused-ring (bicyclic) bond motifs is 1. The van der Waals surface area contributed by atoms with Crippen LogP contribution in [0.25, 0.3) is 0 Å². The summed E-state index contributed by atoms with van der Waals surface area (Å²) in [6.45, 7) is 7.29. The van der Waals surface area contributed by atoms with Gasteiger partial charge in [-0.05, 0) is 17.8 Å². The van der Waals surface area contributed by atoms with Crippen LogP contribution in [-0.2, 0) is 9.53 Å². The lowest BCUT2D eigenvalue weighted by Gasteiger charge is -2.28. The van der Waals surface area contributed by atoms with E-state index in [1.54, 1.807) is 12.1 Å². The van der Waals surface area contributed by atoms with Crippen molar-refractivity contribution in [3.05, 3.63) is 52.1 Å². The number of nitrogens with one attached hydrogen (secondary N) is 2. The van der Waals surface area contributed by atoms with Crippen LogP contribution in [0.15, 0.2) is 36.0 Å². The summed E-state index contributed by atoms with van der Waals surface area (Å²) in [6.07, 6.45) is 1.64. The smallest absolute Gasteiger partial charge is 0.270 e. The van der Waals surface area contributed by atoms with Crippen LogP contribution < -0.4 is 10.7 Å². The maximum atomic E-state index is 13.1. The Bertz CT molecular complexity index is 835. The fourth-order valence-electron chi connectivity index (χ4n) is 3.26. The van der Waals surface area contributed by atoms with Gasteiger partial charge in [-0.3, -0.25) is 25.2 Å². The molecule has 0 bridgehead atoms. The maximum Gasteiger partial charge on any atom is 0.270 e. The number of nitrogens with zero attached hydrogens (tertiary/aromatic N) is 3. The lowest BCUT2D eigenvalue weighted by molar-refractivity contribution is -0.384. The molecule has 1 aliphatic heterocycles. The van der Waals surface area contributed by atoms with Crippen LogP contribution in [0.1, 0.15) is 17.0 Å². The Morgan fingerprint density at radius 2 is 2.21 bits per heavy atom. The van der Waals surface area contributed by atoms with Crippen molar-refractivity contribution >= 4 is 34.5 Å². The number of Topliss-reactive ketones (excluding diaryl/α,β-unsaturated/α-hetero) is 1. The standard InChI is InChI=1S/C18H21N5O4S/c1-2-5-19-18(28)21-20-16-14-10-12(23(25)26)3-4-13(14)15(17(16)24)11-22-6-8-27-9-7-22/h2-4,10,15H,1,5-9,11H2,(H2,19,21,28)/b20-16-. The van der Waals surface area contributed by atoms with Gasteiger partial charge in [-0.1, -0.05) is 12.1 Å². The Kier molecular flexibility index (Phi) is 6.45. The van der Waals surface area contributed by atoms with Gasteiger partial charge < -0.3 is 10.1 Å². The number of hydrogen-bond donors (Lipinski definition) is 2. The van der Waals surface area contributed by atoms with Gasteiger partial charge in [-0.15, -0.1) is 6.58 Å². The number of nitro groups is 1. The van der Waals surface area contributed by atoms with Crippen LogP contribution >= 0.6 is 12.2 Å². The van der Waals surface area contributed by atoms with Crippen LogP contribution in [0.5, 0.6) is 0 Å². The minimum atomic E-state index is -0.485. The van der Waals surface area contributed by atoms with E-state index in [4.69, 9.17) is 17.0 Å². The van der Waals surface area contributed by atoms with Crippen molar-refractivity contribution < 1.29 is 14.5 Å². The van der Waals surface area contributed by atoms with E-state index in [0.29, 0.717) is 31.9 Å².